The zero-order valence-corrected chi connectivity index (χ0v) is 22.4. The van der Waals surface area contributed by atoms with Crippen LogP contribution in [0.15, 0.2) is 12.2 Å². The normalized spacial score (nSPS) is 11.3. The molecule has 0 atom stereocenters. The molecule has 0 aromatic carbocycles. The summed E-state index contributed by atoms with van der Waals surface area (Å²) in [4.78, 5) is 14.3. The first-order chi connectivity index (χ1) is 16.1. The lowest BCUT2D eigenvalue weighted by Crippen LogP contribution is -2.29. The van der Waals surface area contributed by atoms with E-state index < -0.39 is 0 Å². The Bertz CT molecular complexity index is 439. The Morgan fingerprint density at radius 2 is 1.18 bits per heavy atom. The maximum atomic E-state index is 11.9. The van der Waals surface area contributed by atoms with E-state index in [0.29, 0.717) is 13.0 Å². The highest BCUT2D eigenvalue weighted by Crippen LogP contribution is 2.11. The van der Waals surface area contributed by atoms with Gasteiger partial charge in [-0.1, -0.05) is 89.5 Å². The van der Waals surface area contributed by atoms with Crippen LogP contribution in [0.4, 0.5) is 0 Å². The number of rotatable bonds is 26. The zero-order chi connectivity index (χ0) is 24.4. The highest BCUT2D eigenvalue weighted by Gasteiger charge is 2.06. The van der Waals surface area contributed by atoms with E-state index in [4.69, 9.17) is 4.74 Å². The number of carbonyl (C=O) groups excluding carboxylic acids is 1. The van der Waals surface area contributed by atoms with Crippen LogP contribution < -0.4 is 0 Å². The summed E-state index contributed by atoms with van der Waals surface area (Å²) in [6, 6.07) is 0. The molecule has 0 heterocycles. The number of aliphatic hydroxyl groups is 1. The van der Waals surface area contributed by atoms with Crippen molar-refractivity contribution in [2.75, 3.05) is 32.8 Å². The minimum Gasteiger partial charge on any atom is -0.466 e. The van der Waals surface area contributed by atoms with Crippen molar-refractivity contribution >= 4 is 5.97 Å². The lowest BCUT2D eigenvalue weighted by atomic mass is 10.1. The Morgan fingerprint density at radius 1 is 0.697 bits per heavy atom. The molecule has 0 bridgehead atoms. The van der Waals surface area contributed by atoms with E-state index in [1.165, 1.54) is 89.0 Å². The molecule has 0 saturated heterocycles. The Morgan fingerprint density at radius 3 is 1.76 bits per heavy atom. The van der Waals surface area contributed by atoms with Gasteiger partial charge in [0.25, 0.3) is 0 Å². The summed E-state index contributed by atoms with van der Waals surface area (Å²) in [5.41, 5.74) is 1.29. The molecule has 0 aliphatic heterocycles. The van der Waals surface area contributed by atoms with Gasteiger partial charge in [0.2, 0.25) is 0 Å². The van der Waals surface area contributed by atoms with Gasteiger partial charge in [-0.05, 0) is 58.5 Å². The molecule has 0 aliphatic rings. The molecular formula is C29H57NO3. The molecule has 0 amide bonds. The topological polar surface area (TPSA) is 49.8 Å². The third-order valence-electron chi connectivity index (χ3n) is 6.36. The molecule has 0 unspecified atom stereocenters. The summed E-state index contributed by atoms with van der Waals surface area (Å²) < 4.78 is 5.39. The van der Waals surface area contributed by atoms with Crippen molar-refractivity contribution in [2.24, 2.45) is 0 Å². The summed E-state index contributed by atoms with van der Waals surface area (Å²) >= 11 is 0. The highest BCUT2D eigenvalue weighted by atomic mass is 16.5. The molecule has 1 N–H and O–H groups in total. The van der Waals surface area contributed by atoms with Crippen LogP contribution in [-0.4, -0.2) is 48.8 Å². The van der Waals surface area contributed by atoms with Gasteiger partial charge in [-0.3, -0.25) is 4.79 Å². The van der Waals surface area contributed by atoms with E-state index in [1.807, 2.05) is 0 Å². The fourth-order valence-corrected chi connectivity index (χ4v) is 4.22. The Kier molecular flexibility index (Phi) is 25.1. The van der Waals surface area contributed by atoms with Gasteiger partial charge in [0.05, 0.1) is 13.2 Å². The van der Waals surface area contributed by atoms with E-state index in [0.717, 1.165) is 51.7 Å². The fourth-order valence-electron chi connectivity index (χ4n) is 4.22. The minimum atomic E-state index is -0.0339. The highest BCUT2D eigenvalue weighted by molar-refractivity contribution is 5.69. The van der Waals surface area contributed by atoms with Crippen molar-refractivity contribution in [1.82, 2.24) is 4.90 Å². The van der Waals surface area contributed by atoms with E-state index in [2.05, 4.69) is 25.3 Å². The molecule has 4 nitrogen and oxygen atoms in total. The summed E-state index contributed by atoms with van der Waals surface area (Å²) in [6.45, 7) is 12.0. The van der Waals surface area contributed by atoms with Crippen molar-refractivity contribution < 1.29 is 14.6 Å². The number of allylic oxidation sites excluding steroid dienone is 1. The maximum Gasteiger partial charge on any atom is 0.305 e. The third-order valence-corrected chi connectivity index (χ3v) is 6.36. The number of hydrogen-bond donors (Lipinski definition) is 1. The Balaban J connectivity index is 3.52. The van der Waals surface area contributed by atoms with Crippen LogP contribution in [-0.2, 0) is 9.53 Å². The summed E-state index contributed by atoms with van der Waals surface area (Å²) in [5, 5.41) is 9.32. The molecule has 0 aromatic rings. The average molecular weight is 468 g/mol. The second-order valence-corrected chi connectivity index (χ2v) is 9.90. The second kappa shape index (κ2) is 25.7. The second-order valence-electron chi connectivity index (χ2n) is 9.90. The predicted molar refractivity (Wildman–Crippen MR) is 143 cm³/mol. The van der Waals surface area contributed by atoms with E-state index in [9.17, 15) is 9.90 Å². The lowest BCUT2D eigenvalue weighted by Gasteiger charge is -2.21. The van der Waals surface area contributed by atoms with Gasteiger partial charge in [-0.25, -0.2) is 0 Å². The molecule has 0 rings (SSSR count). The third kappa shape index (κ3) is 25.6. The largest absolute Gasteiger partial charge is 0.466 e. The number of hydrogen-bond acceptors (Lipinski definition) is 4. The van der Waals surface area contributed by atoms with Crippen LogP contribution in [0.2, 0.25) is 0 Å². The molecule has 0 spiro atoms. The SMILES string of the molecule is C=C(C)CCCCCCCN(CCO)CCCCCC(=O)OCCCCCCCCCCC. The van der Waals surface area contributed by atoms with Crippen LogP contribution in [0.3, 0.4) is 0 Å². The van der Waals surface area contributed by atoms with E-state index in [-0.39, 0.29) is 12.6 Å². The van der Waals surface area contributed by atoms with Gasteiger partial charge in [-0.2, -0.15) is 0 Å². The minimum absolute atomic E-state index is 0.0339. The monoisotopic (exact) mass is 467 g/mol. The quantitative estimate of drug-likeness (QED) is 0.0800. The molecule has 0 aromatic heterocycles. The molecule has 0 radical (unpaired) electrons. The first-order valence-electron chi connectivity index (χ1n) is 14.2. The molecule has 0 saturated carbocycles. The summed E-state index contributed by atoms with van der Waals surface area (Å²) in [6.07, 6.45) is 22.6. The van der Waals surface area contributed by atoms with Crippen molar-refractivity contribution in [2.45, 2.75) is 136 Å². The molecule has 0 aliphatic carbocycles. The average Bonchev–Trinajstić information content (AvgIpc) is 2.79. The fraction of sp³-hybridized carbons (Fsp3) is 0.897. The van der Waals surface area contributed by atoms with E-state index >= 15 is 0 Å². The summed E-state index contributed by atoms with van der Waals surface area (Å²) in [5.74, 6) is -0.0339. The standard InChI is InChI=1S/C29H57NO3/c1-4-5-6-7-8-9-10-14-20-27-33-29(32)22-17-15-19-24-30(25-26-31)23-18-13-11-12-16-21-28(2)3/h31H,2,4-27H2,1,3H3. The van der Waals surface area contributed by atoms with Crippen molar-refractivity contribution in [3.63, 3.8) is 0 Å². The van der Waals surface area contributed by atoms with Gasteiger partial charge < -0.3 is 14.7 Å². The number of unbranched alkanes of at least 4 members (excludes halogenated alkanes) is 14. The van der Waals surface area contributed by atoms with Crippen LogP contribution in [0, 0.1) is 0 Å². The molecule has 196 valence electrons. The number of esters is 1. The van der Waals surface area contributed by atoms with Crippen molar-refractivity contribution in [3.8, 4) is 0 Å². The maximum absolute atomic E-state index is 11.9. The van der Waals surface area contributed by atoms with Crippen molar-refractivity contribution in [3.05, 3.63) is 12.2 Å². The van der Waals surface area contributed by atoms with Gasteiger partial charge in [0, 0.05) is 13.0 Å². The number of carbonyl (C=O) groups is 1. The van der Waals surface area contributed by atoms with Crippen LogP contribution in [0.25, 0.3) is 0 Å². The van der Waals surface area contributed by atoms with Crippen molar-refractivity contribution in [1.29, 1.82) is 0 Å². The first kappa shape index (κ1) is 32.1. The Labute approximate surface area is 206 Å². The number of aliphatic hydroxyl groups excluding tert-OH is 1. The van der Waals surface area contributed by atoms with Gasteiger partial charge >= 0.3 is 5.97 Å². The Hall–Kier alpha value is -0.870. The first-order valence-corrected chi connectivity index (χ1v) is 14.2. The molecule has 33 heavy (non-hydrogen) atoms. The number of ether oxygens (including phenoxy) is 1. The lowest BCUT2D eigenvalue weighted by molar-refractivity contribution is -0.143. The summed E-state index contributed by atoms with van der Waals surface area (Å²) in [7, 11) is 0. The zero-order valence-electron chi connectivity index (χ0n) is 22.4. The van der Waals surface area contributed by atoms with Gasteiger partial charge in [0.15, 0.2) is 0 Å². The van der Waals surface area contributed by atoms with Crippen LogP contribution >= 0.6 is 0 Å². The molecule has 4 heteroatoms. The van der Waals surface area contributed by atoms with Crippen LogP contribution in [0.5, 0.6) is 0 Å². The molecular weight excluding hydrogens is 410 g/mol. The number of nitrogens with zero attached hydrogens (tertiary/aromatic N) is 1. The molecule has 0 fully saturated rings. The van der Waals surface area contributed by atoms with Crippen LogP contribution in [0.1, 0.15) is 136 Å². The van der Waals surface area contributed by atoms with Gasteiger partial charge in [-0.15, -0.1) is 6.58 Å². The van der Waals surface area contributed by atoms with E-state index in [1.54, 1.807) is 0 Å². The predicted octanol–water partition coefficient (Wildman–Crippen LogP) is 7.83. The smallest absolute Gasteiger partial charge is 0.305 e. The van der Waals surface area contributed by atoms with Gasteiger partial charge in [0.1, 0.15) is 0 Å².